The second kappa shape index (κ2) is 15.0. The zero-order valence-electron chi connectivity index (χ0n) is 34.4. The highest BCUT2D eigenvalue weighted by Crippen LogP contribution is 2.37. The van der Waals surface area contributed by atoms with Gasteiger partial charge in [0.05, 0.1) is 33.1 Å². The van der Waals surface area contributed by atoms with E-state index in [1.165, 1.54) is 0 Å². The van der Waals surface area contributed by atoms with Gasteiger partial charge in [-0.15, -0.1) is 0 Å². The van der Waals surface area contributed by atoms with Crippen LogP contribution in [-0.4, -0.2) is 19.1 Å². The molecule has 0 fully saturated rings. The molecular formula is C58H36N4O2. The van der Waals surface area contributed by atoms with E-state index in [9.17, 15) is 4.79 Å². The molecule has 0 aliphatic heterocycles. The summed E-state index contributed by atoms with van der Waals surface area (Å²) < 4.78 is 3.65. The summed E-state index contributed by atoms with van der Waals surface area (Å²) in [4.78, 5) is 38.8. The molecule has 0 atom stereocenters. The lowest BCUT2D eigenvalue weighted by molar-refractivity contribution is 1.06. The fourth-order valence-corrected chi connectivity index (χ4v) is 9.36. The van der Waals surface area contributed by atoms with E-state index in [-0.39, 0.29) is 11.1 Å². The van der Waals surface area contributed by atoms with E-state index in [0.29, 0.717) is 16.3 Å². The maximum atomic E-state index is 15.2. The van der Waals surface area contributed by atoms with Crippen molar-refractivity contribution in [2.24, 2.45) is 0 Å². The molecule has 0 N–H and O–H groups in total. The van der Waals surface area contributed by atoms with E-state index in [1.54, 1.807) is 17.0 Å². The van der Waals surface area contributed by atoms with Gasteiger partial charge in [-0.05, 0) is 123 Å². The van der Waals surface area contributed by atoms with Crippen LogP contribution < -0.4 is 11.1 Å². The van der Waals surface area contributed by atoms with Gasteiger partial charge in [0.2, 0.25) is 0 Å². The first-order valence-corrected chi connectivity index (χ1v) is 21.3. The van der Waals surface area contributed by atoms with Crippen molar-refractivity contribution in [1.82, 2.24) is 19.1 Å². The molecule has 0 radical (unpaired) electrons. The summed E-state index contributed by atoms with van der Waals surface area (Å²) in [6, 6.07) is 69.4. The number of aromatic nitrogens is 4. The fourth-order valence-electron chi connectivity index (χ4n) is 9.36. The smallest absolute Gasteiger partial charge is 0.265 e. The van der Waals surface area contributed by atoms with Crippen LogP contribution in [0, 0.1) is 0 Å². The van der Waals surface area contributed by atoms with Gasteiger partial charge in [-0.2, -0.15) is 0 Å². The van der Waals surface area contributed by atoms with Crippen molar-refractivity contribution >= 4 is 54.4 Å². The molecule has 0 aliphatic carbocycles. The quantitative estimate of drug-likeness (QED) is 0.157. The van der Waals surface area contributed by atoms with Crippen LogP contribution in [-0.2, 0) is 0 Å². The van der Waals surface area contributed by atoms with Gasteiger partial charge in [0.15, 0.2) is 0 Å². The highest BCUT2D eigenvalue weighted by atomic mass is 16.1. The van der Waals surface area contributed by atoms with Crippen LogP contribution in [0.5, 0.6) is 0 Å². The van der Waals surface area contributed by atoms with Crippen molar-refractivity contribution in [2.45, 2.75) is 0 Å². The first-order valence-electron chi connectivity index (χ1n) is 21.3. The molecule has 64 heavy (non-hydrogen) atoms. The lowest BCUT2D eigenvalue weighted by atomic mass is 9.95. The lowest BCUT2D eigenvalue weighted by Gasteiger charge is -2.18. The van der Waals surface area contributed by atoms with Gasteiger partial charge in [-0.25, -0.2) is 0 Å². The zero-order chi connectivity index (χ0) is 42.7. The topological polar surface area (TPSA) is 69.8 Å². The van der Waals surface area contributed by atoms with Gasteiger partial charge in [0.1, 0.15) is 0 Å². The van der Waals surface area contributed by atoms with Crippen molar-refractivity contribution in [1.29, 1.82) is 0 Å². The number of nitrogens with zero attached hydrogens (tertiary/aromatic N) is 4. The van der Waals surface area contributed by atoms with Crippen molar-refractivity contribution in [3.63, 3.8) is 0 Å². The summed E-state index contributed by atoms with van der Waals surface area (Å²) >= 11 is 0. The number of hydrogen-bond acceptors (Lipinski definition) is 4. The monoisotopic (exact) mass is 820 g/mol. The number of fused-ring (bicyclic) bond motifs is 8. The van der Waals surface area contributed by atoms with Gasteiger partial charge in [-0.3, -0.25) is 28.7 Å². The molecule has 0 spiro atoms. The molecule has 300 valence electrons. The molecular weight excluding hydrogens is 785 g/mol. The molecule has 0 bridgehead atoms. The first kappa shape index (κ1) is 37.1. The second-order valence-corrected chi connectivity index (χ2v) is 16.1. The highest BCUT2D eigenvalue weighted by Gasteiger charge is 2.19. The third-order valence-corrected chi connectivity index (χ3v) is 12.4. The Morgan fingerprint density at radius 1 is 0.312 bits per heavy atom. The van der Waals surface area contributed by atoms with Crippen LogP contribution in [0.4, 0.5) is 0 Å². The van der Waals surface area contributed by atoms with Gasteiger partial charge in [0, 0.05) is 39.6 Å². The molecule has 0 aliphatic rings. The third-order valence-electron chi connectivity index (χ3n) is 12.4. The lowest BCUT2D eigenvalue weighted by Crippen LogP contribution is -2.20. The van der Waals surface area contributed by atoms with Crippen molar-refractivity contribution in [2.75, 3.05) is 0 Å². The van der Waals surface area contributed by atoms with Gasteiger partial charge in [0.25, 0.3) is 11.1 Å². The van der Waals surface area contributed by atoms with Crippen LogP contribution in [0.25, 0.3) is 110 Å². The van der Waals surface area contributed by atoms with E-state index in [2.05, 4.69) is 102 Å². The summed E-state index contributed by atoms with van der Waals surface area (Å²) in [6.07, 6.45) is 3.52. The molecule has 0 saturated heterocycles. The van der Waals surface area contributed by atoms with Crippen molar-refractivity contribution < 1.29 is 0 Å². The van der Waals surface area contributed by atoms with Crippen molar-refractivity contribution in [3.05, 3.63) is 239 Å². The number of pyridine rings is 4. The normalized spacial score (nSPS) is 11.6. The Bertz CT molecular complexity index is 3890. The third kappa shape index (κ3) is 6.11. The van der Waals surface area contributed by atoms with Crippen LogP contribution >= 0.6 is 0 Å². The summed E-state index contributed by atoms with van der Waals surface area (Å²) in [7, 11) is 0. The molecule has 12 aromatic rings. The molecule has 6 heteroatoms. The first-order chi connectivity index (χ1) is 31.6. The Hall–Kier alpha value is -8.74. The Morgan fingerprint density at radius 3 is 1.61 bits per heavy atom. The average molecular weight is 821 g/mol. The minimum Gasteiger partial charge on any atom is -0.276 e. The minimum absolute atomic E-state index is 0.112. The minimum atomic E-state index is -0.116. The Kier molecular flexibility index (Phi) is 8.69. The predicted octanol–water partition coefficient (Wildman–Crippen LogP) is 13.2. The zero-order valence-corrected chi connectivity index (χ0v) is 34.4. The van der Waals surface area contributed by atoms with E-state index >= 15 is 4.79 Å². The van der Waals surface area contributed by atoms with E-state index in [0.717, 1.165) is 94.0 Å². The maximum absolute atomic E-state index is 15.2. The number of rotatable bonds is 6. The Labute approximate surface area is 367 Å². The fraction of sp³-hybridized carbons (Fsp3) is 0. The number of hydrogen-bond donors (Lipinski definition) is 0. The van der Waals surface area contributed by atoms with Gasteiger partial charge >= 0.3 is 0 Å². The molecule has 0 saturated carbocycles. The molecule has 6 nitrogen and oxygen atoms in total. The number of para-hydroxylation sites is 1. The van der Waals surface area contributed by atoms with Crippen molar-refractivity contribution in [3.8, 4) is 55.9 Å². The Balaban J connectivity index is 1.03. The summed E-state index contributed by atoms with van der Waals surface area (Å²) in [6.45, 7) is 0. The molecule has 12 rings (SSSR count). The van der Waals surface area contributed by atoms with E-state index < -0.39 is 0 Å². The van der Waals surface area contributed by atoms with Crippen LogP contribution in [0.3, 0.4) is 0 Å². The summed E-state index contributed by atoms with van der Waals surface area (Å²) in [5.41, 5.74) is 12.4. The molecule has 4 heterocycles. The van der Waals surface area contributed by atoms with E-state index in [4.69, 9.17) is 4.98 Å². The molecule has 8 aromatic carbocycles. The SMILES string of the molecule is O=c1c2cccnc2c2ccccc2n1-c1cccc(-c2cccc(-c3ccc4c(=O)n(-c5cc(-c6ccccc6)cc(-c6ccccc6)c5)c5c(ccc6cccnc65)c4c3)c2)c1. The second-order valence-electron chi connectivity index (χ2n) is 16.1. The molecule has 0 unspecified atom stereocenters. The van der Waals surface area contributed by atoms with Crippen LogP contribution in [0.2, 0.25) is 0 Å². The summed E-state index contributed by atoms with van der Waals surface area (Å²) in [5.74, 6) is 0. The largest absolute Gasteiger partial charge is 0.276 e. The van der Waals surface area contributed by atoms with Crippen LogP contribution in [0.15, 0.2) is 228 Å². The average Bonchev–Trinajstić information content (AvgIpc) is 3.37. The number of benzene rings is 8. The van der Waals surface area contributed by atoms with Gasteiger partial charge < -0.3 is 0 Å². The standard InChI is InChI=1S/C58H36N4O2/c63-57-49-28-26-43(41-18-9-17-40(31-41)42-19-10-21-46(33-42)61-53-24-8-7-22-50(53)55-51(58(61)64)23-12-30-60-55)36-52(49)48-27-25-39-20-11-29-59-54(39)56(48)62(57)47-34-44(37-13-3-1-4-14-37)32-45(35-47)38-15-5-2-6-16-38/h1-36H. The molecule has 4 aromatic heterocycles. The van der Waals surface area contributed by atoms with E-state index in [1.807, 2.05) is 114 Å². The summed E-state index contributed by atoms with van der Waals surface area (Å²) in [5, 5.41) is 4.85. The van der Waals surface area contributed by atoms with Gasteiger partial charge in [-0.1, -0.05) is 133 Å². The Morgan fingerprint density at radius 2 is 0.859 bits per heavy atom. The molecule has 0 amide bonds. The maximum Gasteiger partial charge on any atom is 0.265 e. The van der Waals surface area contributed by atoms with Crippen LogP contribution in [0.1, 0.15) is 0 Å². The predicted molar refractivity (Wildman–Crippen MR) is 262 cm³/mol. The highest BCUT2D eigenvalue weighted by molar-refractivity contribution is 6.15.